The summed E-state index contributed by atoms with van der Waals surface area (Å²) in [5.41, 5.74) is 0.0864. The smallest absolute Gasteiger partial charge is 0.408 e. The molecule has 0 aliphatic heterocycles. The molecule has 1 aromatic carbocycles. The van der Waals surface area contributed by atoms with E-state index in [9.17, 15) is 9.59 Å². The molecule has 2 amide bonds. The number of allylic oxidation sites excluding steroid dienone is 1. The quantitative estimate of drug-likeness (QED) is 0.592. The summed E-state index contributed by atoms with van der Waals surface area (Å²) < 4.78 is 5.22. The van der Waals surface area contributed by atoms with Gasteiger partial charge in [-0.25, -0.2) is 4.79 Å². The number of unbranched alkanes of at least 4 members (excludes halogenated alkanes) is 1. The van der Waals surface area contributed by atoms with E-state index >= 15 is 0 Å². The number of alkyl carbamates (subject to hydrolysis) is 1. The molecule has 0 saturated heterocycles. The van der Waals surface area contributed by atoms with Crippen molar-refractivity contribution >= 4 is 17.7 Å². The third-order valence-corrected chi connectivity index (χ3v) is 2.95. The van der Waals surface area contributed by atoms with Gasteiger partial charge in [-0.05, 0) is 52.2 Å². The van der Waals surface area contributed by atoms with Crippen molar-refractivity contribution < 1.29 is 14.3 Å². The highest BCUT2D eigenvalue weighted by molar-refractivity contribution is 5.96. The van der Waals surface area contributed by atoms with Gasteiger partial charge in [0.25, 0.3) is 0 Å². The first-order chi connectivity index (χ1) is 10.8. The van der Waals surface area contributed by atoms with Crippen LogP contribution in [0.1, 0.15) is 40.0 Å². The van der Waals surface area contributed by atoms with Crippen molar-refractivity contribution in [1.82, 2.24) is 5.32 Å². The second-order valence-corrected chi connectivity index (χ2v) is 6.27. The van der Waals surface area contributed by atoms with E-state index in [1.165, 1.54) is 0 Å². The number of ether oxygens (including phenoxy) is 1. The molecule has 1 aromatic rings. The number of hydrogen-bond acceptors (Lipinski definition) is 3. The molecule has 0 aliphatic carbocycles. The number of carbonyl (C=O) groups is 2. The molecule has 0 fully saturated rings. The van der Waals surface area contributed by atoms with Crippen molar-refractivity contribution in [1.29, 1.82) is 0 Å². The topological polar surface area (TPSA) is 67.4 Å². The molecular weight excluding hydrogens is 292 g/mol. The molecule has 126 valence electrons. The molecule has 1 atom stereocenters. The lowest BCUT2D eigenvalue weighted by molar-refractivity contribution is -0.118. The van der Waals surface area contributed by atoms with Crippen LogP contribution in [0.25, 0.3) is 0 Å². The summed E-state index contributed by atoms with van der Waals surface area (Å²) in [6.45, 7) is 9.01. The van der Waals surface area contributed by atoms with Crippen LogP contribution in [-0.4, -0.2) is 23.6 Å². The number of benzene rings is 1. The molecule has 0 aliphatic rings. The average molecular weight is 318 g/mol. The molecule has 5 heteroatoms. The van der Waals surface area contributed by atoms with Crippen molar-refractivity contribution in [3.63, 3.8) is 0 Å². The minimum Gasteiger partial charge on any atom is -0.444 e. The molecule has 0 saturated carbocycles. The van der Waals surface area contributed by atoms with E-state index in [1.54, 1.807) is 39.0 Å². The van der Waals surface area contributed by atoms with Crippen molar-refractivity contribution in [2.75, 3.05) is 5.32 Å². The maximum atomic E-state index is 12.4. The highest BCUT2D eigenvalue weighted by Gasteiger charge is 2.24. The van der Waals surface area contributed by atoms with E-state index in [0.717, 1.165) is 12.8 Å². The summed E-state index contributed by atoms with van der Waals surface area (Å²) in [6.07, 6.45) is 3.25. The van der Waals surface area contributed by atoms with Gasteiger partial charge in [-0.3, -0.25) is 4.79 Å². The summed E-state index contributed by atoms with van der Waals surface area (Å²) in [5.74, 6) is -0.258. The fourth-order valence-corrected chi connectivity index (χ4v) is 1.94. The Morgan fingerprint density at radius 1 is 1.26 bits per heavy atom. The standard InChI is InChI=1S/C18H26N2O3/c1-5-6-8-13-15(20-17(22)23-18(2,3)4)16(21)19-14-11-9-7-10-12-14/h5,7,9-12,15H,1,6,8,13H2,2-4H3,(H,19,21)(H,20,22)/t15-/m0/s1. The largest absolute Gasteiger partial charge is 0.444 e. The lowest BCUT2D eigenvalue weighted by atomic mass is 10.1. The Kier molecular flexibility index (Phi) is 7.32. The summed E-state index contributed by atoms with van der Waals surface area (Å²) in [7, 11) is 0. The van der Waals surface area contributed by atoms with Gasteiger partial charge in [0.15, 0.2) is 0 Å². The van der Waals surface area contributed by atoms with E-state index in [-0.39, 0.29) is 5.91 Å². The summed E-state index contributed by atoms with van der Waals surface area (Å²) in [5, 5.41) is 5.45. The highest BCUT2D eigenvalue weighted by Crippen LogP contribution is 2.11. The number of nitrogens with one attached hydrogen (secondary N) is 2. The van der Waals surface area contributed by atoms with Crippen molar-refractivity contribution in [3.8, 4) is 0 Å². The maximum absolute atomic E-state index is 12.4. The zero-order chi connectivity index (χ0) is 17.3. The van der Waals surface area contributed by atoms with Gasteiger partial charge in [-0.1, -0.05) is 24.3 Å². The Morgan fingerprint density at radius 2 is 1.91 bits per heavy atom. The van der Waals surface area contributed by atoms with Gasteiger partial charge in [0, 0.05) is 5.69 Å². The molecule has 23 heavy (non-hydrogen) atoms. The van der Waals surface area contributed by atoms with Crippen LogP contribution in [0.5, 0.6) is 0 Å². The SMILES string of the molecule is C=CCCC[C@H](NC(=O)OC(C)(C)C)C(=O)Nc1ccccc1. The lowest BCUT2D eigenvalue weighted by Crippen LogP contribution is -2.45. The van der Waals surface area contributed by atoms with Crippen LogP contribution in [-0.2, 0) is 9.53 Å². The molecule has 0 bridgehead atoms. The second-order valence-electron chi connectivity index (χ2n) is 6.27. The number of para-hydroxylation sites is 1. The number of amides is 2. The van der Waals surface area contributed by atoms with Crippen molar-refractivity contribution in [2.24, 2.45) is 0 Å². The number of anilines is 1. The van der Waals surface area contributed by atoms with E-state index in [1.807, 2.05) is 18.2 Å². The van der Waals surface area contributed by atoms with E-state index in [4.69, 9.17) is 4.74 Å². The van der Waals surface area contributed by atoms with Crippen LogP contribution in [0.4, 0.5) is 10.5 Å². The normalized spacial score (nSPS) is 12.1. The van der Waals surface area contributed by atoms with Crippen molar-refractivity contribution in [2.45, 2.75) is 51.7 Å². The molecule has 0 heterocycles. The monoisotopic (exact) mass is 318 g/mol. The third kappa shape index (κ3) is 8.04. The second kappa shape index (κ2) is 8.98. The first-order valence-electron chi connectivity index (χ1n) is 7.78. The number of rotatable bonds is 7. The first kappa shape index (κ1) is 18.7. The Labute approximate surface area is 138 Å². The van der Waals surface area contributed by atoms with E-state index < -0.39 is 17.7 Å². The minimum absolute atomic E-state index is 0.258. The van der Waals surface area contributed by atoms with Gasteiger partial charge < -0.3 is 15.4 Å². The molecule has 0 unspecified atom stereocenters. The highest BCUT2D eigenvalue weighted by atomic mass is 16.6. The maximum Gasteiger partial charge on any atom is 0.408 e. The molecule has 5 nitrogen and oxygen atoms in total. The van der Waals surface area contributed by atoms with Gasteiger partial charge >= 0.3 is 6.09 Å². The number of carbonyl (C=O) groups excluding carboxylic acids is 2. The van der Waals surface area contributed by atoms with Gasteiger partial charge in [0.1, 0.15) is 11.6 Å². The van der Waals surface area contributed by atoms with Crippen molar-refractivity contribution in [3.05, 3.63) is 43.0 Å². The minimum atomic E-state index is -0.648. The van der Waals surface area contributed by atoms with Crippen LogP contribution < -0.4 is 10.6 Å². The van der Waals surface area contributed by atoms with Crippen LogP contribution in [0, 0.1) is 0 Å². The average Bonchev–Trinajstić information content (AvgIpc) is 2.45. The predicted molar refractivity (Wildman–Crippen MR) is 92.3 cm³/mol. The first-order valence-corrected chi connectivity index (χ1v) is 7.78. The van der Waals surface area contributed by atoms with Crippen LogP contribution >= 0.6 is 0 Å². The molecule has 0 aromatic heterocycles. The summed E-state index contributed by atoms with van der Waals surface area (Å²) in [6, 6.07) is 8.49. The fourth-order valence-electron chi connectivity index (χ4n) is 1.94. The fraction of sp³-hybridized carbons (Fsp3) is 0.444. The zero-order valence-electron chi connectivity index (χ0n) is 14.1. The molecule has 0 spiro atoms. The van der Waals surface area contributed by atoms with Gasteiger partial charge in [0.2, 0.25) is 5.91 Å². The number of hydrogen-bond donors (Lipinski definition) is 2. The third-order valence-electron chi connectivity index (χ3n) is 2.95. The Bertz CT molecular complexity index is 521. The van der Waals surface area contributed by atoms with Gasteiger partial charge in [0.05, 0.1) is 0 Å². The van der Waals surface area contributed by atoms with Gasteiger partial charge in [-0.15, -0.1) is 6.58 Å². The Morgan fingerprint density at radius 3 is 2.48 bits per heavy atom. The predicted octanol–water partition coefficient (Wildman–Crippen LogP) is 3.87. The van der Waals surface area contributed by atoms with Gasteiger partial charge in [-0.2, -0.15) is 0 Å². The van der Waals surface area contributed by atoms with Crippen LogP contribution in [0.3, 0.4) is 0 Å². The Balaban J connectivity index is 2.68. The molecule has 1 rings (SSSR count). The molecule has 0 radical (unpaired) electrons. The Hall–Kier alpha value is -2.30. The summed E-state index contributed by atoms with van der Waals surface area (Å²) in [4.78, 5) is 24.3. The van der Waals surface area contributed by atoms with Crippen LogP contribution in [0.2, 0.25) is 0 Å². The molecule has 2 N–H and O–H groups in total. The van der Waals surface area contributed by atoms with Crippen LogP contribution in [0.15, 0.2) is 43.0 Å². The lowest BCUT2D eigenvalue weighted by Gasteiger charge is -2.23. The van der Waals surface area contributed by atoms with E-state index in [2.05, 4.69) is 17.2 Å². The molecular formula is C18H26N2O3. The zero-order valence-corrected chi connectivity index (χ0v) is 14.1. The summed E-state index contributed by atoms with van der Waals surface area (Å²) >= 11 is 0. The van der Waals surface area contributed by atoms with E-state index in [0.29, 0.717) is 12.1 Å².